The molecular formula is C17H25N3O2. The molecule has 0 radical (unpaired) electrons. The van der Waals surface area contributed by atoms with E-state index in [1.165, 1.54) is 5.56 Å². The Hall–Kier alpha value is -2.04. The summed E-state index contributed by atoms with van der Waals surface area (Å²) >= 11 is 0. The van der Waals surface area contributed by atoms with Crippen LogP contribution in [0.2, 0.25) is 0 Å². The van der Waals surface area contributed by atoms with Crippen molar-refractivity contribution in [3.05, 3.63) is 29.8 Å². The van der Waals surface area contributed by atoms with E-state index in [4.69, 9.17) is 0 Å². The van der Waals surface area contributed by atoms with Gasteiger partial charge in [0, 0.05) is 44.2 Å². The Labute approximate surface area is 132 Å². The fourth-order valence-electron chi connectivity index (χ4n) is 2.75. The monoisotopic (exact) mass is 303 g/mol. The molecule has 22 heavy (non-hydrogen) atoms. The van der Waals surface area contributed by atoms with Gasteiger partial charge in [-0.2, -0.15) is 0 Å². The van der Waals surface area contributed by atoms with Gasteiger partial charge in [0.15, 0.2) is 0 Å². The minimum atomic E-state index is -0.0498. The molecule has 3 amide bonds. The van der Waals surface area contributed by atoms with Crippen LogP contribution >= 0.6 is 0 Å². The Morgan fingerprint density at radius 2 is 1.91 bits per heavy atom. The molecule has 1 saturated heterocycles. The number of carbonyl (C=O) groups is 2. The zero-order valence-electron chi connectivity index (χ0n) is 13.6. The second-order valence-corrected chi connectivity index (χ2v) is 5.77. The van der Waals surface area contributed by atoms with Crippen LogP contribution in [0.5, 0.6) is 0 Å². The first-order valence-electron chi connectivity index (χ1n) is 7.95. The number of carbonyl (C=O) groups excluding carboxylic acids is 2. The van der Waals surface area contributed by atoms with E-state index >= 15 is 0 Å². The van der Waals surface area contributed by atoms with Crippen LogP contribution in [0.25, 0.3) is 0 Å². The van der Waals surface area contributed by atoms with E-state index < -0.39 is 0 Å². The van der Waals surface area contributed by atoms with Crippen LogP contribution in [0.3, 0.4) is 0 Å². The molecule has 0 saturated carbocycles. The van der Waals surface area contributed by atoms with Gasteiger partial charge in [0.25, 0.3) is 0 Å². The maximum Gasteiger partial charge on any atom is 0.317 e. The van der Waals surface area contributed by atoms with Crippen molar-refractivity contribution in [2.75, 3.05) is 31.1 Å². The molecule has 1 aromatic carbocycles. The lowest BCUT2D eigenvalue weighted by molar-refractivity contribution is -0.117. The molecule has 1 aliphatic rings. The minimum absolute atomic E-state index is 0.0498. The summed E-state index contributed by atoms with van der Waals surface area (Å²) in [5, 5.41) is 2.94. The normalized spacial score (nSPS) is 17.7. The predicted octanol–water partition coefficient (Wildman–Crippen LogP) is 2.40. The number of aryl methyl sites for hydroxylation is 1. The Morgan fingerprint density at radius 1 is 1.27 bits per heavy atom. The molecule has 1 aromatic rings. The number of urea groups is 1. The number of amides is 3. The van der Waals surface area contributed by atoms with Crippen molar-refractivity contribution in [1.29, 1.82) is 0 Å². The van der Waals surface area contributed by atoms with Gasteiger partial charge in [0.05, 0.1) is 0 Å². The van der Waals surface area contributed by atoms with E-state index in [2.05, 4.69) is 5.32 Å². The predicted molar refractivity (Wildman–Crippen MR) is 88.0 cm³/mol. The number of nitrogens with zero attached hydrogens (tertiary/aromatic N) is 2. The molecular weight excluding hydrogens is 278 g/mol. The third kappa shape index (κ3) is 3.78. The minimum Gasteiger partial charge on any atom is -0.338 e. The largest absolute Gasteiger partial charge is 0.338 e. The number of benzene rings is 1. The van der Waals surface area contributed by atoms with Crippen molar-refractivity contribution in [2.45, 2.75) is 27.2 Å². The lowest BCUT2D eigenvalue weighted by Crippen LogP contribution is -2.42. The van der Waals surface area contributed by atoms with Crippen LogP contribution in [0.4, 0.5) is 10.5 Å². The van der Waals surface area contributed by atoms with Crippen molar-refractivity contribution in [2.24, 2.45) is 5.92 Å². The molecule has 0 bridgehead atoms. The smallest absolute Gasteiger partial charge is 0.317 e. The van der Waals surface area contributed by atoms with Crippen LogP contribution in [-0.2, 0) is 4.79 Å². The van der Waals surface area contributed by atoms with Crippen molar-refractivity contribution in [1.82, 2.24) is 10.2 Å². The van der Waals surface area contributed by atoms with Crippen LogP contribution in [0, 0.1) is 12.8 Å². The third-order valence-electron chi connectivity index (χ3n) is 4.14. The van der Waals surface area contributed by atoms with E-state index in [0.717, 1.165) is 5.69 Å². The lowest BCUT2D eigenvalue weighted by atomic mass is 10.1. The van der Waals surface area contributed by atoms with Gasteiger partial charge in [-0.05, 0) is 32.9 Å². The summed E-state index contributed by atoms with van der Waals surface area (Å²) in [6.07, 6.45) is 0.492. The highest BCUT2D eigenvalue weighted by molar-refractivity contribution is 5.95. The van der Waals surface area contributed by atoms with E-state index in [1.54, 1.807) is 4.90 Å². The summed E-state index contributed by atoms with van der Waals surface area (Å²) in [7, 11) is 0. The fraction of sp³-hybridized carbons (Fsp3) is 0.529. The second kappa shape index (κ2) is 7.29. The fourth-order valence-corrected chi connectivity index (χ4v) is 2.75. The van der Waals surface area contributed by atoms with Crippen LogP contribution < -0.4 is 10.2 Å². The van der Waals surface area contributed by atoms with Gasteiger partial charge in [-0.15, -0.1) is 0 Å². The molecule has 1 atom stereocenters. The molecule has 0 aromatic heterocycles. The number of rotatable bonds is 5. The second-order valence-electron chi connectivity index (χ2n) is 5.77. The molecule has 1 aliphatic heterocycles. The molecule has 0 spiro atoms. The highest BCUT2D eigenvalue weighted by Gasteiger charge is 2.30. The summed E-state index contributed by atoms with van der Waals surface area (Å²) in [5.74, 6) is 0.305. The topological polar surface area (TPSA) is 52.7 Å². The average molecular weight is 303 g/mol. The zero-order chi connectivity index (χ0) is 16.1. The van der Waals surface area contributed by atoms with E-state index in [-0.39, 0.29) is 17.9 Å². The van der Waals surface area contributed by atoms with E-state index in [0.29, 0.717) is 32.6 Å². The quantitative estimate of drug-likeness (QED) is 0.908. The number of nitrogens with one attached hydrogen (secondary N) is 1. The molecule has 5 nitrogen and oxygen atoms in total. The standard InChI is InChI=1S/C17H25N3O2/c1-4-19(5-2)17(22)18-11-14-10-16(21)20(12-14)15-8-6-13(3)7-9-15/h6-9,14H,4-5,10-12H2,1-3H3,(H,18,22). The summed E-state index contributed by atoms with van der Waals surface area (Å²) in [6, 6.07) is 7.93. The van der Waals surface area contributed by atoms with E-state index in [9.17, 15) is 9.59 Å². The van der Waals surface area contributed by atoms with Gasteiger partial charge in [0.1, 0.15) is 0 Å². The summed E-state index contributed by atoms with van der Waals surface area (Å²) in [5.41, 5.74) is 2.12. The highest BCUT2D eigenvalue weighted by atomic mass is 16.2. The average Bonchev–Trinajstić information content (AvgIpc) is 2.88. The maximum atomic E-state index is 12.2. The number of hydrogen-bond donors (Lipinski definition) is 1. The van der Waals surface area contributed by atoms with Gasteiger partial charge in [0.2, 0.25) is 5.91 Å². The maximum absolute atomic E-state index is 12.2. The molecule has 1 fully saturated rings. The molecule has 5 heteroatoms. The molecule has 0 aliphatic carbocycles. The number of anilines is 1. The van der Waals surface area contributed by atoms with Gasteiger partial charge in [-0.1, -0.05) is 17.7 Å². The molecule has 1 heterocycles. The van der Waals surface area contributed by atoms with Crippen molar-refractivity contribution in [3.63, 3.8) is 0 Å². The Bertz CT molecular complexity index is 523. The molecule has 2 rings (SSSR count). The molecule has 120 valence electrons. The highest BCUT2D eigenvalue weighted by Crippen LogP contribution is 2.24. The van der Waals surface area contributed by atoms with Crippen LogP contribution in [0.15, 0.2) is 24.3 Å². The lowest BCUT2D eigenvalue weighted by Gasteiger charge is -2.21. The Kier molecular flexibility index (Phi) is 5.41. The van der Waals surface area contributed by atoms with Gasteiger partial charge < -0.3 is 15.1 Å². The van der Waals surface area contributed by atoms with Gasteiger partial charge in [-0.3, -0.25) is 4.79 Å². The number of hydrogen-bond acceptors (Lipinski definition) is 2. The third-order valence-corrected chi connectivity index (χ3v) is 4.14. The Balaban J connectivity index is 1.90. The van der Waals surface area contributed by atoms with Crippen LogP contribution in [0.1, 0.15) is 25.8 Å². The van der Waals surface area contributed by atoms with Crippen molar-refractivity contribution in [3.8, 4) is 0 Å². The first-order chi connectivity index (χ1) is 10.5. The zero-order valence-corrected chi connectivity index (χ0v) is 13.6. The molecule has 1 unspecified atom stereocenters. The SMILES string of the molecule is CCN(CC)C(=O)NCC1CC(=O)N(c2ccc(C)cc2)C1. The summed E-state index contributed by atoms with van der Waals surface area (Å²) in [4.78, 5) is 27.7. The Morgan fingerprint density at radius 3 is 2.50 bits per heavy atom. The first kappa shape index (κ1) is 16.3. The summed E-state index contributed by atoms with van der Waals surface area (Å²) in [6.45, 7) is 8.55. The molecule has 1 N–H and O–H groups in total. The van der Waals surface area contributed by atoms with Crippen LogP contribution in [-0.4, -0.2) is 43.0 Å². The summed E-state index contributed by atoms with van der Waals surface area (Å²) < 4.78 is 0. The van der Waals surface area contributed by atoms with Gasteiger partial charge in [-0.25, -0.2) is 4.79 Å². The first-order valence-corrected chi connectivity index (χ1v) is 7.95. The van der Waals surface area contributed by atoms with E-state index in [1.807, 2.05) is 49.9 Å². The van der Waals surface area contributed by atoms with Crippen molar-refractivity contribution >= 4 is 17.6 Å². The van der Waals surface area contributed by atoms with Gasteiger partial charge >= 0.3 is 6.03 Å². The van der Waals surface area contributed by atoms with Crippen molar-refractivity contribution < 1.29 is 9.59 Å².